The zero-order chi connectivity index (χ0) is 15.7. The molecule has 1 aromatic rings. The van der Waals surface area contributed by atoms with Crippen LogP contribution in [0.3, 0.4) is 0 Å². The molecular formula is C16H16BrN3O2. The summed E-state index contributed by atoms with van der Waals surface area (Å²) >= 11 is 3.35. The third-order valence-electron chi connectivity index (χ3n) is 4.07. The van der Waals surface area contributed by atoms with E-state index in [1.165, 1.54) is 0 Å². The van der Waals surface area contributed by atoms with Gasteiger partial charge in [-0.2, -0.15) is 0 Å². The fourth-order valence-electron chi connectivity index (χ4n) is 2.86. The quantitative estimate of drug-likeness (QED) is 0.599. The molecule has 1 aromatic carbocycles. The molecule has 0 N–H and O–H groups in total. The van der Waals surface area contributed by atoms with Crippen LogP contribution in [-0.2, 0) is 4.79 Å². The van der Waals surface area contributed by atoms with E-state index in [9.17, 15) is 9.59 Å². The second kappa shape index (κ2) is 6.21. The minimum Gasteiger partial charge on any atom is -0.291 e. The van der Waals surface area contributed by atoms with Crippen molar-refractivity contribution in [2.24, 2.45) is 0 Å². The number of hydrogen-bond acceptors (Lipinski definition) is 4. The molecule has 2 aliphatic heterocycles. The smallest absolute Gasteiger partial charge is 0.291 e. The number of carbonyl (C=O) groups is 2. The molecule has 0 bridgehead atoms. The van der Waals surface area contributed by atoms with E-state index in [0.717, 1.165) is 26.2 Å². The van der Waals surface area contributed by atoms with Crippen LogP contribution in [0.4, 0.5) is 5.69 Å². The maximum atomic E-state index is 12.2. The average Bonchev–Trinajstić information content (AvgIpc) is 2.76. The molecule has 0 aromatic heterocycles. The number of benzene rings is 1. The first kappa shape index (κ1) is 15.2. The minimum absolute atomic E-state index is 0.437. The Kier molecular flexibility index (Phi) is 4.30. The van der Waals surface area contributed by atoms with Crippen molar-refractivity contribution in [1.82, 2.24) is 9.80 Å². The number of Topliss-reactive ketones (excluding diaryl/α,β-unsaturated/α-hetero) is 1. The van der Waals surface area contributed by atoms with Crippen LogP contribution in [-0.4, -0.2) is 60.9 Å². The molecule has 3 rings (SSSR count). The van der Waals surface area contributed by atoms with E-state index in [4.69, 9.17) is 6.42 Å². The first-order valence-electron chi connectivity index (χ1n) is 7.14. The van der Waals surface area contributed by atoms with Gasteiger partial charge >= 0.3 is 5.91 Å². The summed E-state index contributed by atoms with van der Waals surface area (Å²) in [6.07, 6.45) is 5.33. The summed E-state index contributed by atoms with van der Waals surface area (Å²) in [7, 11) is 0. The topological polar surface area (TPSA) is 43.9 Å². The third kappa shape index (κ3) is 2.68. The first-order valence-corrected chi connectivity index (χ1v) is 7.94. The number of nitrogens with zero attached hydrogens (tertiary/aromatic N) is 3. The maximum Gasteiger partial charge on any atom is 0.300 e. The van der Waals surface area contributed by atoms with Gasteiger partial charge in [-0.25, -0.2) is 0 Å². The monoisotopic (exact) mass is 361 g/mol. The van der Waals surface area contributed by atoms with E-state index in [2.05, 4.69) is 31.7 Å². The first-order chi connectivity index (χ1) is 10.6. The van der Waals surface area contributed by atoms with Crippen LogP contribution in [0.2, 0.25) is 0 Å². The fourth-order valence-corrected chi connectivity index (χ4v) is 3.40. The van der Waals surface area contributed by atoms with Crippen LogP contribution in [0.15, 0.2) is 22.7 Å². The summed E-state index contributed by atoms with van der Waals surface area (Å²) in [5.74, 6) is 1.76. The summed E-state index contributed by atoms with van der Waals surface area (Å²) in [4.78, 5) is 30.3. The Labute approximate surface area is 138 Å². The highest BCUT2D eigenvalue weighted by Gasteiger charge is 2.38. The van der Waals surface area contributed by atoms with Crippen LogP contribution in [0.25, 0.3) is 0 Å². The Hall–Kier alpha value is -1.68. The average molecular weight is 362 g/mol. The van der Waals surface area contributed by atoms with Gasteiger partial charge in [-0.3, -0.25) is 24.3 Å². The van der Waals surface area contributed by atoms with Crippen LogP contribution in [0, 0.1) is 12.3 Å². The summed E-state index contributed by atoms with van der Waals surface area (Å²) in [5.41, 5.74) is 1.16. The Bertz CT molecular complexity index is 660. The molecule has 0 saturated carbocycles. The van der Waals surface area contributed by atoms with Gasteiger partial charge in [0.25, 0.3) is 5.78 Å². The fraction of sp³-hybridized carbons (Fsp3) is 0.375. The predicted octanol–water partition coefficient (Wildman–Crippen LogP) is 1.19. The molecule has 0 atom stereocenters. The SMILES string of the molecule is C#CCN1CCN(CN2C(=O)C(=O)c3c(Br)cccc32)CC1. The number of ketones is 1. The van der Waals surface area contributed by atoms with E-state index in [1.807, 2.05) is 12.1 Å². The molecule has 0 aliphatic carbocycles. The van der Waals surface area contributed by atoms with Crippen molar-refractivity contribution in [3.63, 3.8) is 0 Å². The molecule has 6 heteroatoms. The van der Waals surface area contributed by atoms with Crippen molar-refractivity contribution in [2.45, 2.75) is 0 Å². The Morgan fingerprint density at radius 3 is 2.50 bits per heavy atom. The maximum absolute atomic E-state index is 12.2. The van der Waals surface area contributed by atoms with Gasteiger partial charge in [-0.15, -0.1) is 6.42 Å². The number of carbonyl (C=O) groups excluding carboxylic acids is 2. The van der Waals surface area contributed by atoms with E-state index >= 15 is 0 Å². The second-order valence-corrected chi connectivity index (χ2v) is 6.29. The molecule has 2 heterocycles. The van der Waals surface area contributed by atoms with Gasteiger partial charge in [0.2, 0.25) is 0 Å². The number of hydrogen-bond donors (Lipinski definition) is 0. The summed E-state index contributed by atoms with van der Waals surface area (Å²) in [6.45, 7) is 4.53. The standard InChI is InChI=1S/C16H16BrN3O2/c1-2-6-18-7-9-19(10-8-18)11-20-13-5-3-4-12(17)14(13)15(21)16(20)22/h1,3-5H,6-11H2. The van der Waals surface area contributed by atoms with E-state index in [1.54, 1.807) is 11.0 Å². The zero-order valence-electron chi connectivity index (χ0n) is 12.1. The van der Waals surface area contributed by atoms with Crippen molar-refractivity contribution in [1.29, 1.82) is 0 Å². The molecule has 22 heavy (non-hydrogen) atoms. The molecular weight excluding hydrogens is 346 g/mol. The molecule has 114 valence electrons. The Morgan fingerprint density at radius 2 is 1.82 bits per heavy atom. The Balaban J connectivity index is 1.72. The number of rotatable bonds is 3. The summed E-state index contributed by atoms with van der Waals surface area (Å²) in [5, 5.41) is 0. The van der Waals surface area contributed by atoms with Gasteiger partial charge < -0.3 is 0 Å². The van der Waals surface area contributed by atoms with E-state index in [0.29, 0.717) is 28.9 Å². The number of piperazine rings is 1. The number of halogens is 1. The van der Waals surface area contributed by atoms with Gasteiger partial charge in [0.15, 0.2) is 0 Å². The van der Waals surface area contributed by atoms with Crippen molar-refractivity contribution in [3.8, 4) is 12.3 Å². The molecule has 1 amide bonds. The number of terminal acetylenes is 1. The van der Waals surface area contributed by atoms with Crippen LogP contribution < -0.4 is 4.90 Å². The molecule has 2 aliphatic rings. The highest BCUT2D eigenvalue weighted by molar-refractivity contribution is 9.10. The number of fused-ring (bicyclic) bond motifs is 1. The van der Waals surface area contributed by atoms with E-state index < -0.39 is 11.7 Å². The summed E-state index contributed by atoms with van der Waals surface area (Å²) < 4.78 is 0.671. The molecule has 5 nitrogen and oxygen atoms in total. The van der Waals surface area contributed by atoms with E-state index in [-0.39, 0.29) is 0 Å². The van der Waals surface area contributed by atoms with Crippen LogP contribution in [0.1, 0.15) is 10.4 Å². The van der Waals surface area contributed by atoms with Gasteiger partial charge in [-0.1, -0.05) is 12.0 Å². The molecule has 0 radical (unpaired) electrons. The normalized spacial score (nSPS) is 19.4. The lowest BCUT2D eigenvalue weighted by Gasteiger charge is -2.35. The Morgan fingerprint density at radius 1 is 1.14 bits per heavy atom. The predicted molar refractivity (Wildman–Crippen MR) is 87.7 cm³/mol. The van der Waals surface area contributed by atoms with Crippen LogP contribution >= 0.6 is 15.9 Å². The lowest BCUT2D eigenvalue weighted by Crippen LogP contribution is -2.51. The van der Waals surface area contributed by atoms with Gasteiger partial charge in [0.05, 0.1) is 24.5 Å². The second-order valence-electron chi connectivity index (χ2n) is 5.44. The number of anilines is 1. The van der Waals surface area contributed by atoms with Crippen molar-refractivity contribution >= 4 is 33.3 Å². The number of amides is 1. The van der Waals surface area contributed by atoms with Gasteiger partial charge in [0.1, 0.15) is 0 Å². The minimum atomic E-state index is -0.451. The molecule has 1 fully saturated rings. The van der Waals surface area contributed by atoms with Gasteiger partial charge in [-0.05, 0) is 28.1 Å². The van der Waals surface area contributed by atoms with Crippen molar-refractivity contribution < 1.29 is 9.59 Å². The molecule has 0 spiro atoms. The third-order valence-corrected chi connectivity index (χ3v) is 4.73. The lowest BCUT2D eigenvalue weighted by molar-refractivity contribution is -0.114. The van der Waals surface area contributed by atoms with Crippen molar-refractivity contribution in [3.05, 3.63) is 28.2 Å². The highest BCUT2D eigenvalue weighted by atomic mass is 79.9. The largest absolute Gasteiger partial charge is 0.300 e. The molecule has 1 saturated heterocycles. The molecule has 0 unspecified atom stereocenters. The lowest BCUT2D eigenvalue weighted by atomic mass is 10.1. The zero-order valence-corrected chi connectivity index (χ0v) is 13.7. The van der Waals surface area contributed by atoms with Crippen molar-refractivity contribution in [2.75, 3.05) is 44.3 Å². The van der Waals surface area contributed by atoms with Gasteiger partial charge in [0, 0.05) is 30.7 Å². The summed E-state index contributed by atoms with van der Waals surface area (Å²) in [6, 6.07) is 5.44. The highest BCUT2D eigenvalue weighted by Crippen LogP contribution is 2.34. The van der Waals surface area contributed by atoms with Crippen LogP contribution in [0.5, 0.6) is 0 Å².